The van der Waals surface area contributed by atoms with Gasteiger partial charge in [0, 0.05) is 18.4 Å². The monoisotopic (exact) mass is 333 g/mol. The average molecular weight is 334 g/mol. The van der Waals surface area contributed by atoms with E-state index in [1.54, 1.807) is 0 Å². The quantitative estimate of drug-likeness (QED) is 0.712. The fourth-order valence-corrected chi connectivity index (χ4v) is 6.67. The van der Waals surface area contributed by atoms with Crippen molar-refractivity contribution in [2.45, 2.75) is 71.3 Å². The normalized spacial score (nSPS) is 42.9. The minimum Gasteiger partial charge on any atom is -0.461 e. The first-order valence-electron chi connectivity index (χ1n) is 10.4. The molecule has 1 aliphatic heterocycles. The van der Waals surface area contributed by atoms with Crippen LogP contribution >= 0.6 is 0 Å². The van der Waals surface area contributed by atoms with Gasteiger partial charge in [0.15, 0.2) is 0 Å². The Kier molecular flexibility index (Phi) is 4.02. The van der Waals surface area contributed by atoms with E-state index in [-0.39, 0.29) is 18.0 Å². The summed E-state index contributed by atoms with van der Waals surface area (Å²) in [4.78, 5) is 14.7. The molecular formula is C21H35NO2. The van der Waals surface area contributed by atoms with Gasteiger partial charge in [-0.15, -0.1) is 0 Å². The molecule has 4 aliphatic carbocycles. The molecule has 0 N–H and O–H groups in total. The van der Waals surface area contributed by atoms with E-state index in [2.05, 4.69) is 19.0 Å². The summed E-state index contributed by atoms with van der Waals surface area (Å²) in [5, 5.41) is 0. The molecule has 24 heavy (non-hydrogen) atoms. The fourth-order valence-electron chi connectivity index (χ4n) is 6.67. The van der Waals surface area contributed by atoms with Crippen LogP contribution in [0.4, 0.5) is 0 Å². The Balaban J connectivity index is 0.000000704. The van der Waals surface area contributed by atoms with Crippen molar-refractivity contribution in [2.75, 3.05) is 20.6 Å². The molecule has 0 bridgehead atoms. The lowest BCUT2D eigenvalue weighted by molar-refractivity contribution is -0.147. The van der Waals surface area contributed by atoms with E-state index < -0.39 is 0 Å². The summed E-state index contributed by atoms with van der Waals surface area (Å²) in [7, 11) is 4.17. The molecule has 136 valence electrons. The number of ether oxygens (including phenoxy) is 1. The number of esters is 1. The van der Waals surface area contributed by atoms with Crippen molar-refractivity contribution in [3.8, 4) is 0 Å². The van der Waals surface area contributed by atoms with Crippen molar-refractivity contribution in [2.24, 2.45) is 34.5 Å². The lowest BCUT2D eigenvalue weighted by Gasteiger charge is -2.33. The second kappa shape index (κ2) is 5.72. The van der Waals surface area contributed by atoms with Gasteiger partial charge in [0.1, 0.15) is 6.10 Å². The van der Waals surface area contributed by atoms with Crippen LogP contribution < -0.4 is 0 Å². The summed E-state index contributed by atoms with van der Waals surface area (Å²) < 4.78 is 6.10. The summed E-state index contributed by atoms with van der Waals surface area (Å²) in [5.41, 5.74) is 1.25. The SMILES string of the molecule is CC.CN(C)C[C@@H]1C(=O)O[C@H]2[C@H]1CCC1(CC1)[C@@H]1CCC3(CC3)[C@H]21. The Hall–Kier alpha value is -0.570. The molecule has 5 aliphatic rings. The molecule has 5 atom stereocenters. The number of fused-ring (bicyclic) bond motifs is 5. The molecule has 4 saturated carbocycles. The minimum atomic E-state index is 0.108. The summed E-state index contributed by atoms with van der Waals surface area (Å²) in [6, 6.07) is 0. The number of hydrogen-bond acceptors (Lipinski definition) is 3. The van der Waals surface area contributed by atoms with Gasteiger partial charge in [0.25, 0.3) is 0 Å². The first-order chi connectivity index (χ1) is 11.5. The van der Waals surface area contributed by atoms with E-state index in [9.17, 15) is 4.79 Å². The molecule has 2 spiro atoms. The van der Waals surface area contributed by atoms with Gasteiger partial charge in [-0.25, -0.2) is 0 Å². The van der Waals surface area contributed by atoms with Crippen LogP contribution in [0.1, 0.15) is 65.2 Å². The Morgan fingerprint density at radius 3 is 2.21 bits per heavy atom. The highest BCUT2D eigenvalue weighted by Crippen LogP contribution is 2.74. The topological polar surface area (TPSA) is 29.5 Å². The third kappa shape index (κ3) is 2.37. The molecule has 1 heterocycles. The number of carbonyl (C=O) groups excluding carboxylic acids is 1. The molecule has 3 nitrogen and oxygen atoms in total. The van der Waals surface area contributed by atoms with Crippen molar-refractivity contribution < 1.29 is 9.53 Å². The summed E-state index contributed by atoms with van der Waals surface area (Å²) in [6.07, 6.45) is 11.4. The molecule has 0 aromatic carbocycles. The van der Waals surface area contributed by atoms with Gasteiger partial charge in [-0.1, -0.05) is 13.8 Å². The van der Waals surface area contributed by atoms with Gasteiger partial charge >= 0.3 is 5.97 Å². The van der Waals surface area contributed by atoms with Gasteiger partial charge in [-0.2, -0.15) is 0 Å². The highest BCUT2D eigenvalue weighted by molar-refractivity contribution is 5.75. The second-order valence-corrected chi connectivity index (χ2v) is 9.37. The average Bonchev–Trinajstić information content (AvgIpc) is 3.44. The Morgan fingerprint density at radius 1 is 1.00 bits per heavy atom. The maximum atomic E-state index is 12.5. The molecule has 0 aromatic heterocycles. The van der Waals surface area contributed by atoms with E-state index in [1.165, 1.54) is 51.4 Å². The van der Waals surface area contributed by atoms with Crippen LogP contribution in [0, 0.1) is 34.5 Å². The zero-order chi connectivity index (χ0) is 17.1. The largest absolute Gasteiger partial charge is 0.461 e. The number of nitrogens with zero attached hydrogens (tertiary/aromatic N) is 1. The van der Waals surface area contributed by atoms with Crippen molar-refractivity contribution in [3.05, 3.63) is 0 Å². The molecule has 5 fully saturated rings. The van der Waals surface area contributed by atoms with Crippen LogP contribution in [0.3, 0.4) is 0 Å². The van der Waals surface area contributed by atoms with E-state index >= 15 is 0 Å². The number of rotatable bonds is 2. The van der Waals surface area contributed by atoms with Crippen LogP contribution in [0.5, 0.6) is 0 Å². The van der Waals surface area contributed by atoms with Crippen LogP contribution in [-0.4, -0.2) is 37.6 Å². The van der Waals surface area contributed by atoms with Gasteiger partial charge in [0.05, 0.1) is 5.92 Å². The predicted octanol–water partition coefficient (Wildman–Crippen LogP) is 4.11. The molecular weight excluding hydrogens is 298 g/mol. The van der Waals surface area contributed by atoms with Gasteiger partial charge in [-0.3, -0.25) is 4.79 Å². The van der Waals surface area contributed by atoms with Gasteiger partial charge in [0.2, 0.25) is 0 Å². The molecule has 0 unspecified atom stereocenters. The van der Waals surface area contributed by atoms with E-state index in [4.69, 9.17) is 4.74 Å². The molecule has 0 amide bonds. The van der Waals surface area contributed by atoms with Crippen molar-refractivity contribution in [3.63, 3.8) is 0 Å². The number of hydrogen-bond donors (Lipinski definition) is 0. The first-order valence-corrected chi connectivity index (χ1v) is 10.4. The van der Waals surface area contributed by atoms with Crippen LogP contribution in [0.25, 0.3) is 0 Å². The molecule has 1 saturated heterocycles. The van der Waals surface area contributed by atoms with Crippen molar-refractivity contribution in [1.82, 2.24) is 4.90 Å². The molecule has 0 radical (unpaired) electrons. The lowest BCUT2D eigenvalue weighted by atomic mass is 9.73. The Bertz CT molecular complexity index is 506. The highest BCUT2D eigenvalue weighted by atomic mass is 16.6. The van der Waals surface area contributed by atoms with Gasteiger partial charge < -0.3 is 9.64 Å². The van der Waals surface area contributed by atoms with Crippen LogP contribution in [0.2, 0.25) is 0 Å². The first kappa shape index (κ1) is 16.9. The predicted molar refractivity (Wildman–Crippen MR) is 95.5 cm³/mol. The van der Waals surface area contributed by atoms with Crippen LogP contribution in [0.15, 0.2) is 0 Å². The van der Waals surface area contributed by atoms with Gasteiger partial charge in [-0.05, 0) is 82.2 Å². The third-order valence-corrected chi connectivity index (χ3v) is 8.05. The van der Waals surface area contributed by atoms with E-state index in [0.29, 0.717) is 22.7 Å². The number of carbonyl (C=O) groups is 1. The van der Waals surface area contributed by atoms with E-state index in [1.807, 2.05) is 13.8 Å². The van der Waals surface area contributed by atoms with Crippen molar-refractivity contribution in [1.29, 1.82) is 0 Å². The third-order valence-electron chi connectivity index (χ3n) is 8.05. The lowest BCUT2D eigenvalue weighted by Crippen LogP contribution is -2.36. The minimum absolute atomic E-state index is 0.108. The molecule has 0 aromatic rings. The Labute approximate surface area is 147 Å². The zero-order valence-corrected chi connectivity index (χ0v) is 16.0. The summed E-state index contributed by atoms with van der Waals surface area (Å²) >= 11 is 0. The highest BCUT2D eigenvalue weighted by Gasteiger charge is 2.69. The molecule has 3 heteroatoms. The fraction of sp³-hybridized carbons (Fsp3) is 0.952. The summed E-state index contributed by atoms with van der Waals surface area (Å²) in [6.45, 7) is 4.87. The summed E-state index contributed by atoms with van der Waals surface area (Å²) in [5.74, 6) is 2.32. The van der Waals surface area contributed by atoms with Crippen LogP contribution in [-0.2, 0) is 9.53 Å². The molecule has 5 rings (SSSR count). The maximum absolute atomic E-state index is 12.5. The second-order valence-electron chi connectivity index (χ2n) is 9.37. The Morgan fingerprint density at radius 2 is 1.62 bits per heavy atom. The maximum Gasteiger partial charge on any atom is 0.310 e. The van der Waals surface area contributed by atoms with Crippen molar-refractivity contribution >= 4 is 5.97 Å². The van der Waals surface area contributed by atoms with E-state index in [0.717, 1.165) is 12.5 Å². The zero-order valence-electron chi connectivity index (χ0n) is 16.0. The standard InChI is InChI=1S/C19H29NO2.C2H6/c1-20(2)11-13-12-3-5-18(7-8-18)14-4-6-19(9-10-19)15(14)16(12)22-17(13)21;1-2/h12-16H,3-11H2,1-2H3;1-2H3/t12-,13-,14+,15-,16-;/m0./s1. The smallest absolute Gasteiger partial charge is 0.310 e.